The van der Waals surface area contributed by atoms with Crippen molar-refractivity contribution >= 4 is 29.3 Å². The van der Waals surface area contributed by atoms with Crippen molar-refractivity contribution in [2.24, 2.45) is 11.8 Å². The predicted molar refractivity (Wildman–Crippen MR) is 124 cm³/mol. The second-order valence-corrected chi connectivity index (χ2v) is 8.66. The predicted octanol–water partition coefficient (Wildman–Crippen LogP) is 4.19. The van der Waals surface area contributed by atoms with Gasteiger partial charge in [-0.2, -0.15) is 5.26 Å². The molecule has 1 heterocycles. The molecule has 0 spiro atoms. The van der Waals surface area contributed by atoms with E-state index in [4.69, 9.17) is 21.6 Å². The molecule has 1 aromatic heterocycles. The Hall–Kier alpha value is -3.31. The Morgan fingerprint density at radius 1 is 1.30 bits per heavy atom. The average Bonchev–Trinajstić information content (AvgIpc) is 2.83. The molecule has 3 N–H and O–H groups in total. The van der Waals surface area contributed by atoms with E-state index in [9.17, 15) is 14.7 Å². The first-order valence-electron chi connectivity index (χ1n) is 10.8. The number of hydrogen-bond acceptors (Lipinski definition) is 7. The monoisotopic (exact) mass is 470 g/mol. The zero-order valence-electron chi connectivity index (χ0n) is 18.6. The summed E-state index contributed by atoms with van der Waals surface area (Å²) < 4.78 is 4.81. The van der Waals surface area contributed by atoms with Gasteiger partial charge in [-0.3, -0.25) is 9.59 Å². The number of nitrogens with one attached hydrogen (secondary N) is 2. The van der Waals surface area contributed by atoms with Gasteiger partial charge in [-0.25, -0.2) is 4.98 Å². The van der Waals surface area contributed by atoms with Crippen molar-refractivity contribution in [2.45, 2.75) is 38.6 Å². The van der Waals surface area contributed by atoms with Gasteiger partial charge >= 0.3 is 5.97 Å². The lowest BCUT2D eigenvalue weighted by Crippen LogP contribution is -2.32. The van der Waals surface area contributed by atoms with Gasteiger partial charge in [0.05, 0.1) is 41.3 Å². The van der Waals surface area contributed by atoms with Gasteiger partial charge in [0.1, 0.15) is 11.6 Å². The van der Waals surface area contributed by atoms with Crippen molar-refractivity contribution < 1.29 is 19.4 Å². The standard InChI is InChI=1S/C24H27ClN4O4/c1-14(19-9-16(11-26)5-8-21(19)30)29-22-20(25)10-18(13-27-22)23(31)28-12-15-3-6-17(7-4-15)24(32)33-2/h5,8-10,13-15,17,30H,3-4,6-7,12H2,1-2H3,(H,27,29)(H,28,31)/t14-,15-,17-/m0/s1. The normalized spacial score (nSPS) is 18.6. The van der Waals surface area contributed by atoms with E-state index in [-0.39, 0.29) is 34.6 Å². The van der Waals surface area contributed by atoms with Crippen molar-refractivity contribution in [1.82, 2.24) is 10.3 Å². The molecule has 33 heavy (non-hydrogen) atoms. The molecule has 0 bridgehead atoms. The molecule has 0 unspecified atom stereocenters. The summed E-state index contributed by atoms with van der Waals surface area (Å²) in [5.74, 6) is 0.270. The number of pyridine rings is 1. The van der Waals surface area contributed by atoms with Gasteiger partial charge < -0.3 is 20.5 Å². The summed E-state index contributed by atoms with van der Waals surface area (Å²) in [5.41, 5.74) is 1.31. The molecular formula is C24H27ClN4O4. The fourth-order valence-electron chi connectivity index (χ4n) is 4.03. The summed E-state index contributed by atoms with van der Waals surface area (Å²) in [5, 5.41) is 25.5. The number of benzene rings is 1. The van der Waals surface area contributed by atoms with Crippen molar-refractivity contribution in [3.63, 3.8) is 0 Å². The fraction of sp³-hybridized carbons (Fsp3) is 0.417. The van der Waals surface area contributed by atoms with Crippen LogP contribution in [0, 0.1) is 23.2 Å². The smallest absolute Gasteiger partial charge is 0.308 e. The van der Waals surface area contributed by atoms with E-state index in [2.05, 4.69) is 15.6 Å². The lowest BCUT2D eigenvalue weighted by Gasteiger charge is -2.27. The van der Waals surface area contributed by atoms with E-state index in [0.717, 1.165) is 25.7 Å². The van der Waals surface area contributed by atoms with Gasteiger partial charge in [0, 0.05) is 18.3 Å². The third-order valence-electron chi connectivity index (χ3n) is 6.01. The van der Waals surface area contributed by atoms with E-state index in [1.807, 2.05) is 13.0 Å². The summed E-state index contributed by atoms with van der Waals surface area (Å²) in [6.45, 7) is 2.33. The van der Waals surface area contributed by atoms with Gasteiger partial charge in [-0.1, -0.05) is 11.6 Å². The lowest BCUT2D eigenvalue weighted by molar-refractivity contribution is -0.146. The van der Waals surface area contributed by atoms with Crippen LogP contribution in [0.4, 0.5) is 5.82 Å². The number of esters is 1. The number of rotatable bonds is 7. The fourth-order valence-corrected chi connectivity index (χ4v) is 4.25. The maximum Gasteiger partial charge on any atom is 0.308 e. The highest BCUT2D eigenvalue weighted by molar-refractivity contribution is 6.33. The number of phenols is 1. The van der Waals surface area contributed by atoms with Crippen molar-refractivity contribution in [3.05, 3.63) is 52.2 Å². The molecule has 9 heteroatoms. The largest absolute Gasteiger partial charge is 0.508 e. The van der Waals surface area contributed by atoms with Crippen LogP contribution in [0.5, 0.6) is 5.75 Å². The molecule has 2 aromatic rings. The molecule has 0 saturated heterocycles. The quantitative estimate of drug-likeness (QED) is 0.518. The number of aromatic nitrogens is 1. The van der Waals surface area contributed by atoms with E-state index in [0.29, 0.717) is 35.0 Å². The summed E-state index contributed by atoms with van der Waals surface area (Å²) in [6, 6.07) is 7.82. The molecular weight excluding hydrogens is 444 g/mol. The molecule has 1 atom stereocenters. The molecule has 8 nitrogen and oxygen atoms in total. The van der Waals surface area contributed by atoms with Gasteiger partial charge in [0.15, 0.2) is 0 Å². The summed E-state index contributed by atoms with van der Waals surface area (Å²) in [6.07, 6.45) is 4.70. The number of amides is 1. The Bertz CT molecular complexity index is 1060. The Kier molecular flexibility index (Phi) is 8.12. The summed E-state index contributed by atoms with van der Waals surface area (Å²) in [4.78, 5) is 28.5. The van der Waals surface area contributed by atoms with E-state index in [1.54, 1.807) is 12.1 Å². The number of nitriles is 1. The molecule has 1 saturated carbocycles. The number of anilines is 1. The number of carbonyl (C=O) groups is 2. The maximum atomic E-state index is 12.6. The second kappa shape index (κ2) is 11.0. The molecule has 174 valence electrons. The van der Waals surface area contributed by atoms with Gasteiger partial charge in [-0.05, 0) is 62.8 Å². The minimum absolute atomic E-state index is 0.0447. The van der Waals surface area contributed by atoms with Crippen LogP contribution in [0.25, 0.3) is 0 Å². The highest BCUT2D eigenvalue weighted by Crippen LogP contribution is 2.31. The molecule has 1 aromatic carbocycles. The molecule has 3 rings (SSSR count). The maximum absolute atomic E-state index is 12.6. The highest BCUT2D eigenvalue weighted by atomic mass is 35.5. The number of hydrogen-bond donors (Lipinski definition) is 3. The first-order valence-corrected chi connectivity index (χ1v) is 11.2. The summed E-state index contributed by atoms with van der Waals surface area (Å²) in [7, 11) is 1.41. The number of methoxy groups -OCH3 is 1. The second-order valence-electron chi connectivity index (χ2n) is 8.26. The lowest BCUT2D eigenvalue weighted by atomic mass is 9.82. The number of aromatic hydroxyl groups is 1. The van der Waals surface area contributed by atoms with Gasteiger partial charge in [-0.15, -0.1) is 0 Å². The first kappa shape index (κ1) is 24.3. The van der Waals surface area contributed by atoms with E-state index in [1.165, 1.54) is 25.4 Å². The molecule has 1 amide bonds. The Labute approximate surface area is 197 Å². The minimum Gasteiger partial charge on any atom is -0.508 e. The molecule has 1 aliphatic carbocycles. The number of phenolic OH excluding ortho intramolecular Hbond substituents is 1. The zero-order valence-corrected chi connectivity index (χ0v) is 19.4. The van der Waals surface area contributed by atoms with Crippen LogP contribution in [0.15, 0.2) is 30.5 Å². The van der Waals surface area contributed by atoms with Crippen LogP contribution in [-0.4, -0.2) is 35.6 Å². The Balaban J connectivity index is 1.56. The molecule has 0 radical (unpaired) electrons. The number of ether oxygens (including phenoxy) is 1. The van der Waals surface area contributed by atoms with Crippen LogP contribution in [0.3, 0.4) is 0 Å². The van der Waals surface area contributed by atoms with Crippen LogP contribution in [0.2, 0.25) is 5.02 Å². The Morgan fingerprint density at radius 3 is 2.67 bits per heavy atom. The van der Waals surface area contributed by atoms with Crippen molar-refractivity contribution in [1.29, 1.82) is 5.26 Å². The van der Waals surface area contributed by atoms with Crippen LogP contribution in [0.1, 0.15) is 60.1 Å². The number of nitrogens with zero attached hydrogens (tertiary/aromatic N) is 2. The van der Waals surface area contributed by atoms with E-state index < -0.39 is 0 Å². The van der Waals surface area contributed by atoms with Crippen molar-refractivity contribution in [2.75, 3.05) is 19.0 Å². The van der Waals surface area contributed by atoms with Crippen molar-refractivity contribution in [3.8, 4) is 11.8 Å². The van der Waals surface area contributed by atoms with Crippen LogP contribution < -0.4 is 10.6 Å². The zero-order chi connectivity index (χ0) is 24.0. The third kappa shape index (κ3) is 6.14. The minimum atomic E-state index is -0.372. The first-order chi connectivity index (χ1) is 15.8. The average molecular weight is 471 g/mol. The molecule has 0 aliphatic heterocycles. The van der Waals surface area contributed by atoms with Gasteiger partial charge in [0.25, 0.3) is 5.91 Å². The molecule has 1 aliphatic rings. The SMILES string of the molecule is COC(=O)[C@H]1CC[C@H](CNC(=O)c2cnc(N[C@@H](C)c3cc(C#N)ccc3O)c(Cl)c2)CC1. The third-order valence-corrected chi connectivity index (χ3v) is 6.30. The Morgan fingerprint density at radius 2 is 2.03 bits per heavy atom. The molecule has 1 fully saturated rings. The number of carbonyl (C=O) groups excluding carboxylic acids is 2. The van der Waals surface area contributed by atoms with E-state index >= 15 is 0 Å². The topological polar surface area (TPSA) is 124 Å². The summed E-state index contributed by atoms with van der Waals surface area (Å²) >= 11 is 6.35. The van der Waals surface area contributed by atoms with Crippen LogP contribution >= 0.6 is 11.6 Å². The highest BCUT2D eigenvalue weighted by Gasteiger charge is 2.27. The number of halogens is 1. The van der Waals surface area contributed by atoms with Crippen LogP contribution in [-0.2, 0) is 9.53 Å². The van der Waals surface area contributed by atoms with Gasteiger partial charge in [0.2, 0.25) is 0 Å².